The standard InChI is InChI=1S/C3H5BN2.Eu/c4-3-1-2-5-6-3;/h1-2H,4H2,(H,5,6);. The molecule has 0 aromatic carbocycles. The molecule has 7 heavy (non-hydrogen) atoms. The summed E-state index contributed by atoms with van der Waals surface area (Å²) in [6, 6.07) is 1.92. The van der Waals surface area contributed by atoms with Crippen LogP contribution in [-0.4, -0.2) is 18.0 Å². The molecule has 0 atom stereocenters. The summed E-state index contributed by atoms with van der Waals surface area (Å²) in [5.74, 6) is 0. The Hall–Kier alpha value is 0.859. The minimum atomic E-state index is 0. The molecule has 1 aromatic rings. The Bertz CT molecular complexity index is 116. The van der Waals surface area contributed by atoms with Crippen LogP contribution in [0.5, 0.6) is 0 Å². The second kappa shape index (κ2) is 3.81. The van der Waals surface area contributed by atoms with Gasteiger partial charge in [0.2, 0.25) is 0 Å². The molecule has 0 fully saturated rings. The summed E-state index contributed by atoms with van der Waals surface area (Å²) in [4.78, 5) is 0. The maximum atomic E-state index is 3.79. The third-order valence-electron chi connectivity index (χ3n) is 0.640. The van der Waals surface area contributed by atoms with Gasteiger partial charge in [-0.1, -0.05) is 0 Å². The molecule has 0 unspecified atom stereocenters. The molecular formula is C3H5BEuN2. The summed E-state index contributed by atoms with van der Waals surface area (Å²) < 4.78 is 0. The molecule has 0 spiro atoms. The summed E-state index contributed by atoms with van der Waals surface area (Å²) >= 11 is 0. The van der Waals surface area contributed by atoms with E-state index in [-0.39, 0.29) is 49.4 Å². The molecule has 0 aliphatic rings. The third kappa shape index (κ3) is 2.62. The van der Waals surface area contributed by atoms with E-state index < -0.39 is 0 Å². The number of hydrogen-bond acceptors (Lipinski definition) is 1. The van der Waals surface area contributed by atoms with Gasteiger partial charge in [-0.05, 0) is 6.07 Å². The van der Waals surface area contributed by atoms with Crippen LogP contribution in [-0.2, 0) is 0 Å². The number of H-pyrrole nitrogens is 1. The van der Waals surface area contributed by atoms with E-state index in [4.69, 9.17) is 0 Å². The van der Waals surface area contributed by atoms with Crippen molar-refractivity contribution >= 4 is 13.4 Å². The van der Waals surface area contributed by atoms with E-state index in [2.05, 4.69) is 10.2 Å². The average Bonchev–Trinajstić information content (AvgIpc) is 1.86. The van der Waals surface area contributed by atoms with Gasteiger partial charge in [-0.15, -0.1) is 0 Å². The van der Waals surface area contributed by atoms with Crippen molar-refractivity contribution < 1.29 is 49.4 Å². The Labute approximate surface area is 84.0 Å². The topological polar surface area (TPSA) is 28.7 Å². The normalized spacial score (nSPS) is 7.43. The minimum absolute atomic E-state index is 0. The van der Waals surface area contributed by atoms with Crippen LogP contribution in [0.4, 0.5) is 0 Å². The zero-order chi connectivity index (χ0) is 4.41. The van der Waals surface area contributed by atoms with Crippen molar-refractivity contribution in [2.45, 2.75) is 0 Å². The van der Waals surface area contributed by atoms with Crippen molar-refractivity contribution in [3.63, 3.8) is 0 Å². The quantitative estimate of drug-likeness (QED) is 0.551. The number of nitrogens with one attached hydrogen (secondary N) is 1. The molecule has 1 rings (SSSR count). The van der Waals surface area contributed by atoms with Crippen molar-refractivity contribution in [1.29, 1.82) is 0 Å². The van der Waals surface area contributed by atoms with Crippen LogP contribution < -0.4 is 5.59 Å². The van der Waals surface area contributed by atoms with E-state index >= 15 is 0 Å². The summed E-state index contributed by atoms with van der Waals surface area (Å²) in [5, 5.41) is 6.47. The molecule has 0 aliphatic heterocycles. The molecule has 37 valence electrons. The second-order valence-corrected chi connectivity index (χ2v) is 1.22. The first-order valence-corrected chi connectivity index (χ1v) is 1.86. The predicted octanol–water partition coefficient (Wildman–Crippen LogP) is -1.33. The van der Waals surface area contributed by atoms with Crippen molar-refractivity contribution in [3.05, 3.63) is 12.3 Å². The van der Waals surface area contributed by atoms with Crippen molar-refractivity contribution in [2.75, 3.05) is 0 Å². The van der Waals surface area contributed by atoms with Crippen molar-refractivity contribution in [1.82, 2.24) is 10.2 Å². The maximum Gasteiger partial charge on any atom is 0.166 e. The minimum Gasteiger partial charge on any atom is -0.286 e. The van der Waals surface area contributed by atoms with Gasteiger partial charge in [-0.25, -0.2) is 0 Å². The Morgan fingerprint density at radius 2 is 2.43 bits per heavy atom. The smallest absolute Gasteiger partial charge is 0.166 e. The van der Waals surface area contributed by atoms with Crippen LogP contribution in [0.15, 0.2) is 12.3 Å². The molecule has 1 N–H and O–H groups in total. The Balaban J connectivity index is 0.000000360. The Kier molecular flexibility index (Phi) is 4.28. The van der Waals surface area contributed by atoms with Gasteiger partial charge in [-0.2, -0.15) is 5.10 Å². The molecule has 0 saturated carbocycles. The first-order chi connectivity index (χ1) is 2.89. The van der Waals surface area contributed by atoms with Crippen LogP contribution in [0.3, 0.4) is 0 Å². The maximum absolute atomic E-state index is 3.79. The summed E-state index contributed by atoms with van der Waals surface area (Å²) in [7, 11) is 1.94. The van der Waals surface area contributed by atoms with Crippen molar-refractivity contribution in [3.8, 4) is 0 Å². The van der Waals surface area contributed by atoms with Gasteiger partial charge < -0.3 is 0 Å². The van der Waals surface area contributed by atoms with E-state index in [9.17, 15) is 0 Å². The molecule has 0 aliphatic carbocycles. The fourth-order valence-electron chi connectivity index (χ4n) is 0.334. The number of aromatic amines is 1. The number of hydrogen-bond donors (Lipinski definition) is 1. The molecule has 1 aromatic heterocycles. The van der Waals surface area contributed by atoms with Crippen LogP contribution in [0.1, 0.15) is 0 Å². The molecule has 0 bridgehead atoms. The van der Waals surface area contributed by atoms with E-state index in [0.717, 1.165) is 5.59 Å². The van der Waals surface area contributed by atoms with E-state index in [0.29, 0.717) is 0 Å². The van der Waals surface area contributed by atoms with Gasteiger partial charge in [0, 0.05) is 61.2 Å². The molecule has 0 saturated heterocycles. The summed E-state index contributed by atoms with van der Waals surface area (Å²) in [6.07, 6.45) is 1.80. The van der Waals surface area contributed by atoms with E-state index in [1.165, 1.54) is 0 Å². The van der Waals surface area contributed by atoms with Crippen LogP contribution in [0.25, 0.3) is 0 Å². The molecule has 4 heteroatoms. The van der Waals surface area contributed by atoms with Gasteiger partial charge in [0.25, 0.3) is 0 Å². The first kappa shape index (κ1) is 7.86. The fourth-order valence-corrected chi connectivity index (χ4v) is 0.334. The average molecular weight is 232 g/mol. The van der Waals surface area contributed by atoms with Gasteiger partial charge in [-0.3, -0.25) is 5.10 Å². The Morgan fingerprint density at radius 1 is 1.71 bits per heavy atom. The number of rotatable bonds is 0. The number of nitrogens with zero attached hydrogens (tertiary/aromatic N) is 1. The first-order valence-electron chi connectivity index (χ1n) is 1.86. The number of aromatic nitrogens is 2. The Morgan fingerprint density at radius 3 is 2.57 bits per heavy atom. The zero-order valence-electron chi connectivity index (χ0n) is 3.98. The van der Waals surface area contributed by atoms with Crippen molar-refractivity contribution in [2.24, 2.45) is 0 Å². The molecule has 2 nitrogen and oxygen atoms in total. The second-order valence-electron chi connectivity index (χ2n) is 1.22. The van der Waals surface area contributed by atoms with Crippen LogP contribution >= 0.6 is 0 Å². The third-order valence-corrected chi connectivity index (χ3v) is 0.640. The zero-order valence-corrected chi connectivity index (χ0v) is 6.40. The summed E-state index contributed by atoms with van der Waals surface area (Å²) in [5.41, 5.74) is 1.04. The van der Waals surface area contributed by atoms with Crippen LogP contribution in [0, 0.1) is 49.4 Å². The fraction of sp³-hybridized carbons (Fsp3) is 0. The van der Waals surface area contributed by atoms with Gasteiger partial charge in [0.15, 0.2) is 7.85 Å². The molecule has 1 heterocycles. The molecule has 1 radical (unpaired) electrons. The SMILES string of the molecule is Bc1cc[nH]n1.[Eu]. The van der Waals surface area contributed by atoms with Gasteiger partial charge >= 0.3 is 0 Å². The monoisotopic (exact) mass is 233 g/mol. The molecule has 0 amide bonds. The predicted molar refractivity (Wildman–Crippen MR) is 26.8 cm³/mol. The summed E-state index contributed by atoms with van der Waals surface area (Å²) in [6.45, 7) is 0. The largest absolute Gasteiger partial charge is 0.286 e. The molecular weight excluding hydrogens is 227 g/mol. The van der Waals surface area contributed by atoms with Gasteiger partial charge in [0.05, 0.1) is 0 Å². The van der Waals surface area contributed by atoms with E-state index in [1.807, 2.05) is 13.9 Å². The van der Waals surface area contributed by atoms with Crippen LogP contribution in [0.2, 0.25) is 0 Å². The van der Waals surface area contributed by atoms with Gasteiger partial charge in [0.1, 0.15) is 0 Å². The van der Waals surface area contributed by atoms with E-state index in [1.54, 1.807) is 6.20 Å².